The third-order valence-electron chi connectivity index (χ3n) is 1.69. The van der Waals surface area contributed by atoms with Gasteiger partial charge < -0.3 is 10.8 Å². The molecule has 1 atom stereocenters. The average molecular weight is 540 g/mol. The second-order valence-electron chi connectivity index (χ2n) is 2.85. The maximum absolute atomic E-state index is 10.2. The number of halogens is 3. The van der Waals surface area contributed by atoms with Crippen molar-refractivity contribution in [3.63, 3.8) is 0 Å². The van der Waals surface area contributed by atoms with Crippen LogP contribution in [-0.4, -0.2) is 17.1 Å². The summed E-state index contributed by atoms with van der Waals surface area (Å²) >= 11 is 5.30. The van der Waals surface area contributed by atoms with E-state index in [0.29, 0.717) is 19.7 Å². The monoisotopic (exact) mass is 540 g/mol. The number of hydrogen-bond donors (Lipinski definition) is 2. The topological polar surface area (TPSA) is 63.3 Å². The first-order chi connectivity index (χ1) is 6.59. The summed E-state index contributed by atoms with van der Waals surface area (Å²) < 4.78 is 0. The molecule has 0 aromatic heterocycles. The molecular weight excluding hydrogens is 523 g/mol. The van der Waals surface area contributed by atoms with Crippen molar-refractivity contribution in [2.75, 3.05) is 0 Å². The number of aliphatic carboxylic acids is 1. The Bertz CT molecular complexity index is 136. The summed E-state index contributed by atoms with van der Waals surface area (Å²) in [6.45, 7) is 2.12. The molecule has 0 radical (unpaired) electrons. The Balaban J connectivity index is 0. The van der Waals surface area contributed by atoms with E-state index in [4.69, 9.17) is 10.8 Å². The van der Waals surface area contributed by atoms with Crippen LogP contribution in [0.4, 0.5) is 0 Å². The molecule has 3 nitrogen and oxygen atoms in total. The molecule has 88 valence electrons. The Kier molecular flexibility index (Phi) is 18.8. The molecule has 0 spiro atoms. The van der Waals surface area contributed by atoms with Gasteiger partial charge in [-0.15, -0.1) is 0 Å². The van der Waals surface area contributed by atoms with Gasteiger partial charge in [-0.3, -0.25) is 4.79 Å². The second kappa shape index (κ2) is 14.6. The van der Waals surface area contributed by atoms with Gasteiger partial charge in [-0.2, -0.15) is 0 Å². The maximum atomic E-state index is 10.2. The zero-order valence-electron chi connectivity index (χ0n) is 8.18. The summed E-state index contributed by atoms with van der Waals surface area (Å²) in [6, 6.07) is -0.660. The molecular formula is C8H17I3NO2-. The van der Waals surface area contributed by atoms with Crippen molar-refractivity contribution in [1.29, 1.82) is 0 Å². The summed E-state index contributed by atoms with van der Waals surface area (Å²) in [5.41, 5.74) is 5.30. The number of rotatable bonds is 6. The summed E-state index contributed by atoms with van der Waals surface area (Å²) in [7, 11) is 0. The van der Waals surface area contributed by atoms with Gasteiger partial charge in [0.05, 0.1) is 0 Å². The molecule has 0 amide bonds. The Morgan fingerprint density at radius 1 is 1.43 bits per heavy atom. The van der Waals surface area contributed by atoms with Crippen LogP contribution in [0.3, 0.4) is 0 Å². The van der Waals surface area contributed by atoms with Gasteiger partial charge in [-0.05, 0) is 6.42 Å². The number of nitrogens with two attached hydrogens (primary N) is 1. The number of carbonyl (C=O) groups is 1. The van der Waals surface area contributed by atoms with Crippen molar-refractivity contribution < 1.29 is 23.2 Å². The molecule has 0 rings (SSSR count). The van der Waals surface area contributed by atoms with E-state index in [2.05, 4.69) is 44.2 Å². The number of hydrogen-bond acceptors (Lipinski definition) is 2. The van der Waals surface area contributed by atoms with Crippen molar-refractivity contribution in [1.82, 2.24) is 0 Å². The van der Waals surface area contributed by atoms with Gasteiger partial charge in [0, 0.05) is 0 Å². The van der Waals surface area contributed by atoms with Crippen molar-refractivity contribution in [3.05, 3.63) is 0 Å². The Labute approximate surface area is 116 Å². The van der Waals surface area contributed by atoms with E-state index in [-0.39, 0.29) is 0 Å². The Morgan fingerprint density at radius 3 is 2.29 bits per heavy atom. The molecule has 0 aromatic carbocycles. The van der Waals surface area contributed by atoms with Gasteiger partial charge in [0.2, 0.25) is 0 Å². The van der Waals surface area contributed by atoms with Crippen LogP contribution in [0.5, 0.6) is 0 Å². The molecule has 0 saturated heterocycles. The van der Waals surface area contributed by atoms with Crippen LogP contribution in [0.25, 0.3) is 0 Å². The predicted octanol–water partition coefficient (Wildman–Crippen LogP) is 0.144. The third kappa shape index (κ3) is 16.1. The van der Waals surface area contributed by atoms with Crippen LogP contribution in [0.1, 0.15) is 39.0 Å². The quantitative estimate of drug-likeness (QED) is 0.373. The number of carboxylic acid groups (broad SMARTS) is 1. The van der Waals surface area contributed by atoms with Crippen molar-refractivity contribution in [2.45, 2.75) is 45.1 Å². The van der Waals surface area contributed by atoms with Crippen LogP contribution < -0.4 is 19.0 Å². The van der Waals surface area contributed by atoms with E-state index in [0.717, 1.165) is 12.8 Å². The van der Waals surface area contributed by atoms with Crippen molar-refractivity contribution in [3.8, 4) is 0 Å². The van der Waals surface area contributed by atoms with Crippen LogP contribution in [-0.2, 0) is 4.79 Å². The first-order valence-corrected chi connectivity index (χ1v) is 17.0. The number of unbranched alkanes of at least 4 members (excludes halogenated alkanes) is 3. The van der Waals surface area contributed by atoms with E-state index in [1.807, 2.05) is 0 Å². The van der Waals surface area contributed by atoms with E-state index >= 15 is 0 Å². The second-order valence-corrected chi connectivity index (χ2v) is 19.1. The molecule has 0 fully saturated rings. The minimum atomic E-state index is -0.888. The minimum absolute atomic E-state index is 0.530. The summed E-state index contributed by atoms with van der Waals surface area (Å²) in [4.78, 5) is 10.2. The third-order valence-corrected chi connectivity index (χ3v) is 1.69. The molecule has 0 aliphatic carbocycles. The van der Waals surface area contributed by atoms with E-state index in [1.165, 1.54) is 12.8 Å². The molecule has 6 heteroatoms. The first-order valence-electron chi connectivity index (χ1n) is 4.45. The molecule has 0 heterocycles. The standard InChI is InChI=1S/C8H17NO2.I3/c1-2-3-4-5-6-7(9)8(10)11;1-3-2/h7H,2-6,9H2,1H3,(H,10,11);/q;-1. The van der Waals surface area contributed by atoms with E-state index < -0.39 is 12.0 Å². The Hall–Kier alpha value is 1.62. The van der Waals surface area contributed by atoms with Gasteiger partial charge in [0.25, 0.3) is 0 Å². The zero-order valence-corrected chi connectivity index (χ0v) is 14.7. The molecule has 0 aliphatic rings. The molecule has 0 bridgehead atoms. The average Bonchev–Trinajstić information content (AvgIpc) is 2.13. The summed E-state index contributed by atoms with van der Waals surface area (Å²) in [6.07, 6.45) is 4.97. The fraction of sp³-hybridized carbons (Fsp3) is 0.875. The summed E-state index contributed by atoms with van der Waals surface area (Å²) in [5, 5.41) is 8.41. The van der Waals surface area contributed by atoms with Gasteiger partial charge in [-0.25, -0.2) is 0 Å². The molecule has 1 unspecified atom stereocenters. The van der Waals surface area contributed by atoms with Crippen molar-refractivity contribution >= 4 is 43.2 Å². The fourth-order valence-electron chi connectivity index (χ4n) is 0.915. The molecule has 0 saturated carbocycles. The van der Waals surface area contributed by atoms with E-state index in [9.17, 15) is 4.79 Å². The molecule has 0 aromatic rings. The van der Waals surface area contributed by atoms with Crippen LogP contribution in [0.15, 0.2) is 0 Å². The SMILES string of the molecule is CCCCCCC(N)C(=O)O.I[I-]I. The summed E-state index contributed by atoms with van der Waals surface area (Å²) in [5.74, 6) is -0.888. The van der Waals surface area contributed by atoms with Gasteiger partial charge in [0.1, 0.15) is 6.04 Å². The number of carboxylic acids is 1. The zero-order chi connectivity index (χ0) is 11.4. The van der Waals surface area contributed by atoms with Gasteiger partial charge in [-0.1, -0.05) is 32.6 Å². The Morgan fingerprint density at radius 2 is 1.93 bits per heavy atom. The molecule has 14 heavy (non-hydrogen) atoms. The van der Waals surface area contributed by atoms with E-state index in [1.54, 1.807) is 0 Å². The van der Waals surface area contributed by atoms with Crippen LogP contribution in [0, 0.1) is 0 Å². The van der Waals surface area contributed by atoms with Crippen LogP contribution >= 0.6 is 37.2 Å². The van der Waals surface area contributed by atoms with Gasteiger partial charge >= 0.3 is 56.5 Å². The predicted molar refractivity (Wildman–Crippen MR) is 72.4 cm³/mol. The molecule has 0 aliphatic heterocycles. The normalized spacial score (nSPS) is 11.7. The fourth-order valence-corrected chi connectivity index (χ4v) is 0.915. The van der Waals surface area contributed by atoms with Crippen LogP contribution in [0.2, 0.25) is 0 Å². The van der Waals surface area contributed by atoms with Gasteiger partial charge in [0.15, 0.2) is 0 Å². The molecule has 3 N–H and O–H groups in total. The van der Waals surface area contributed by atoms with Crippen molar-refractivity contribution in [2.24, 2.45) is 5.73 Å². The first kappa shape index (κ1) is 18.0.